The van der Waals surface area contributed by atoms with Gasteiger partial charge in [0.05, 0.1) is 12.2 Å². The van der Waals surface area contributed by atoms with Crippen LogP contribution in [0.3, 0.4) is 0 Å². The van der Waals surface area contributed by atoms with Gasteiger partial charge in [0.25, 0.3) is 0 Å². The van der Waals surface area contributed by atoms with Crippen molar-refractivity contribution in [2.75, 3.05) is 0 Å². The topological polar surface area (TPSA) is 80.6 Å². The second-order valence-corrected chi connectivity index (χ2v) is 11.3. The van der Waals surface area contributed by atoms with Crippen LogP contribution in [-0.2, 0) is 4.79 Å². The van der Waals surface area contributed by atoms with E-state index in [4.69, 9.17) is 0 Å². The Bertz CT molecular complexity index is 605. The van der Waals surface area contributed by atoms with Gasteiger partial charge in [0, 0.05) is 5.97 Å². The van der Waals surface area contributed by atoms with E-state index in [1.54, 1.807) is 0 Å². The van der Waals surface area contributed by atoms with Crippen molar-refractivity contribution in [2.24, 2.45) is 46.3 Å². The van der Waals surface area contributed by atoms with Crippen molar-refractivity contribution in [1.82, 2.24) is 0 Å². The number of carbonyl (C=O) groups is 1. The monoisotopic (exact) mass is 391 g/mol. The predicted octanol–water partition coefficient (Wildman–Crippen LogP) is 3.14. The molecular formula is C24H39O4-. The smallest absolute Gasteiger partial charge is 0.0602 e. The summed E-state index contributed by atoms with van der Waals surface area (Å²) in [6.07, 6.45) is 8.98. The highest BCUT2D eigenvalue weighted by Crippen LogP contribution is 2.68. The first kappa shape index (κ1) is 20.7. The molecule has 0 heterocycles. The van der Waals surface area contributed by atoms with Gasteiger partial charge in [0.2, 0.25) is 0 Å². The fourth-order valence-electron chi connectivity index (χ4n) is 8.71. The van der Waals surface area contributed by atoms with E-state index in [1.807, 2.05) is 0 Å². The summed E-state index contributed by atoms with van der Waals surface area (Å²) >= 11 is 0. The Morgan fingerprint density at radius 3 is 2.54 bits per heavy atom. The van der Waals surface area contributed by atoms with Crippen molar-refractivity contribution in [1.29, 1.82) is 0 Å². The minimum atomic E-state index is -0.957. The lowest BCUT2D eigenvalue weighted by molar-refractivity contribution is -0.306. The third kappa shape index (κ3) is 3.05. The zero-order chi connectivity index (χ0) is 20.3. The van der Waals surface area contributed by atoms with Gasteiger partial charge in [-0.1, -0.05) is 20.8 Å². The Hall–Kier alpha value is -0.610. The molecule has 160 valence electrons. The minimum Gasteiger partial charge on any atom is -0.550 e. The van der Waals surface area contributed by atoms with E-state index in [-0.39, 0.29) is 29.5 Å². The lowest BCUT2D eigenvalue weighted by Crippen LogP contribution is -2.58. The van der Waals surface area contributed by atoms with Gasteiger partial charge in [-0.2, -0.15) is 0 Å². The lowest BCUT2D eigenvalue weighted by Gasteiger charge is -2.62. The first-order valence-electron chi connectivity index (χ1n) is 11.7. The maximum Gasteiger partial charge on any atom is 0.0602 e. The summed E-state index contributed by atoms with van der Waals surface area (Å²) < 4.78 is 0. The average molecular weight is 392 g/mol. The van der Waals surface area contributed by atoms with Gasteiger partial charge in [0.1, 0.15) is 0 Å². The highest BCUT2D eigenvalue weighted by Gasteiger charge is 2.63. The maximum atomic E-state index is 11.5. The quantitative estimate of drug-likeness (QED) is 0.771. The Morgan fingerprint density at radius 2 is 1.82 bits per heavy atom. The molecule has 0 aromatic heterocycles. The molecule has 4 nitrogen and oxygen atoms in total. The summed E-state index contributed by atoms with van der Waals surface area (Å²) in [5.41, 5.74) is 0.188. The molecule has 0 saturated heterocycles. The van der Waals surface area contributed by atoms with Crippen LogP contribution in [0.5, 0.6) is 0 Å². The van der Waals surface area contributed by atoms with E-state index in [2.05, 4.69) is 20.8 Å². The van der Waals surface area contributed by atoms with Crippen LogP contribution in [0, 0.1) is 46.3 Å². The molecule has 0 amide bonds. The number of aliphatic hydroxyl groups is 2. The Morgan fingerprint density at radius 1 is 1.07 bits per heavy atom. The molecule has 0 radical (unpaired) electrons. The lowest BCUT2D eigenvalue weighted by atomic mass is 9.43. The maximum absolute atomic E-state index is 11.5. The van der Waals surface area contributed by atoms with Gasteiger partial charge < -0.3 is 20.1 Å². The van der Waals surface area contributed by atoms with Crippen molar-refractivity contribution < 1.29 is 20.1 Å². The van der Waals surface area contributed by atoms with Crippen LogP contribution in [0.1, 0.15) is 85.0 Å². The van der Waals surface area contributed by atoms with Crippen molar-refractivity contribution in [3.05, 3.63) is 0 Å². The van der Waals surface area contributed by atoms with E-state index < -0.39 is 5.97 Å². The van der Waals surface area contributed by atoms with Gasteiger partial charge in [-0.25, -0.2) is 0 Å². The normalized spacial score (nSPS) is 51.7. The molecule has 0 aromatic carbocycles. The Labute approximate surface area is 170 Å². The third-order valence-corrected chi connectivity index (χ3v) is 10.3. The molecule has 0 unspecified atom stereocenters. The van der Waals surface area contributed by atoms with Crippen molar-refractivity contribution in [2.45, 2.75) is 97.2 Å². The molecule has 0 aromatic rings. The predicted molar refractivity (Wildman–Crippen MR) is 106 cm³/mol. The minimum absolute atomic E-state index is 0.0795. The molecule has 0 aliphatic heterocycles. The van der Waals surface area contributed by atoms with Crippen molar-refractivity contribution in [3.8, 4) is 0 Å². The highest BCUT2D eigenvalue weighted by molar-refractivity contribution is 5.64. The number of rotatable bonds is 4. The van der Waals surface area contributed by atoms with E-state index in [0.29, 0.717) is 41.9 Å². The first-order chi connectivity index (χ1) is 13.2. The number of hydrogen-bond donors (Lipinski definition) is 2. The second-order valence-electron chi connectivity index (χ2n) is 11.3. The number of aliphatic hydroxyl groups excluding tert-OH is 2. The van der Waals surface area contributed by atoms with E-state index >= 15 is 0 Å². The van der Waals surface area contributed by atoms with Gasteiger partial charge in [0.15, 0.2) is 0 Å². The number of carboxylic acid groups (broad SMARTS) is 1. The zero-order valence-electron chi connectivity index (χ0n) is 17.9. The molecule has 0 spiro atoms. The van der Waals surface area contributed by atoms with Crippen molar-refractivity contribution in [3.63, 3.8) is 0 Å². The van der Waals surface area contributed by atoms with Crippen LogP contribution >= 0.6 is 0 Å². The summed E-state index contributed by atoms with van der Waals surface area (Å²) in [6, 6.07) is 0. The molecule has 2 N–H and O–H groups in total. The molecule has 4 rings (SSSR count). The summed E-state index contributed by atoms with van der Waals surface area (Å²) in [5, 5.41) is 32.6. The molecular weight excluding hydrogens is 352 g/mol. The standard InChI is InChI=1S/C24H40O4/c1-14(4-9-22(27)28)18-7-8-19-17-6-5-15-12-16(25)10-11-23(15,2)20(17)13-21(26)24(18,19)3/h14-21,25-26H,4-13H2,1-3H3,(H,27,28)/p-1/t14-,15+,16+,17+,18+,19-,20+,21-,23+,24-/m1/s1. The average Bonchev–Trinajstić information content (AvgIpc) is 3.00. The molecule has 10 atom stereocenters. The van der Waals surface area contributed by atoms with Crippen LogP contribution in [0.4, 0.5) is 0 Å². The number of carbonyl (C=O) groups excluding carboxylic acids is 1. The number of carboxylic acids is 1. The van der Waals surface area contributed by atoms with E-state index in [1.165, 1.54) is 19.3 Å². The second kappa shape index (κ2) is 7.27. The van der Waals surface area contributed by atoms with Gasteiger partial charge in [-0.3, -0.25) is 0 Å². The number of aliphatic carboxylic acids is 1. The van der Waals surface area contributed by atoms with Gasteiger partial charge in [-0.05, 0) is 111 Å². The molecule has 4 aliphatic rings. The fraction of sp³-hybridized carbons (Fsp3) is 0.958. The molecule has 4 heteroatoms. The summed E-state index contributed by atoms with van der Waals surface area (Å²) in [6.45, 7) is 6.94. The zero-order valence-corrected chi connectivity index (χ0v) is 17.9. The van der Waals surface area contributed by atoms with Gasteiger partial charge in [-0.15, -0.1) is 0 Å². The molecule has 0 bridgehead atoms. The molecule has 4 fully saturated rings. The van der Waals surface area contributed by atoms with Crippen molar-refractivity contribution >= 4 is 5.97 Å². The van der Waals surface area contributed by atoms with Crippen LogP contribution in [0.15, 0.2) is 0 Å². The Kier molecular flexibility index (Phi) is 5.36. The summed E-state index contributed by atoms with van der Waals surface area (Å²) in [5.74, 6) is 2.19. The summed E-state index contributed by atoms with van der Waals surface area (Å²) in [4.78, 5) is 10.9. The molecule has 4 aliphatic carbocycles. The first-order valence-corrected chi connectivity index (χ1v) is 11.7. The summed E-state index contributed by atoms with van der Waals surface area (Å²) in [7, 11) is 0. The SMILES string of the molecule is C[C@H](CCC(=O)[O-])[C@@H]1CC[C@@H]2[C@@H]3CC[C@H]4C[C@@H](O)CC[C@]4(C)[C@H]3C[C@@H](O)[C@@]21C. The molecule has 4 saturated carbocycles. The Balaban J connectivity index is 1.56. The number of fused-ring (bicyclic) bond motifs is 5. The van der Waals surface area contributed by atoms with Crippen LogP contribution in [-0.4, -0.2) is 28.4 Å². The third-order valence-electron chi connectivity index (χ3n) is 10.3. The number of hydrogen-bond acceptors (Lipinski definition) is 4. The fourth-order valence-corrected chi connectivity index (χ4v) is 8.71. The van der Waals surface area contributed by atoms with Crippen LogP contribution in [0.25, 0.3) is 0 Å². The van der Waals surface area contributed by atoms with Gasteiger partial charge >= 0.3 is 0 Å². The van der Waals surface area contributed by atoms with E-state index in [0.717, 1.165) is 32.1 Å². The van der Waals surface area contributed by atoms with Crippen LogP contribution in [0.2, 0.25) is 0 Å². The largest absolute Gasteiger partial charge is 0.550 e. The van der Waals surface area contributed by atoms with E-state index in [9.17, 15) is 20.1 Å². The highest BCUT2D eigenvalue weighted by atomic mass is 16.4. The molecule has 28 heavy (non-hydrogen) atoms. The van der Waals surface area contributed by atoms with Crippen LogP contribution < -0.4 is 5.11 Å².